The maximum atomic E-state index is 14.5. The van der Waals surface area contributed by atoms with E-state index in [1.165, 1.54) is 15.9 Å². The van der Waals surface area contributed by atoms with Crippen molar-refractivity contribution in [3.63, 3.8) is 0 Å². The molecule has 0 spiro atoms. The molecule has 8 amide bonds. The molecule has 402 valence electrons. The third-order valence-corrected chi connectivity index (χ3v) is 15.1. The number of hydrogen-bond donors (Lipinski definition) is 8. The van der Waals surface area contributed by atoms with E-state index in [-0.39, 0.29) is 86.8 Å². The van der Waals surface area contributed by atoms with Gasteiger partial charge in [-0.05, 0) is 93.6 Å². The molecule has 4 aliphatic heterocycles. The molecule has 9 N–H and O–H groups in total. The summed E-state index contributed by atoms with van der Waals surface area (Å²) in [5.74, 6) is 1.73. The average Bonchev–Trinajstić information content (AvgIpc) is 4.12. The van der Waals surface area contributed by atoms with E-state index in [1.807, 2.05) is 4.90 Å². The largest absolute Gasteiger partial charge is 0.399 e. The van der Waals surface area contributed by atoms with Crippen molar-refractivity contribution in [1.82, 2.24) is 41.0 Å². The van der Waals surface area contributed by atoms with E-state index in [0.29, 0.717) is 54.5 Å². The van der Waals surface area contributed by atoms with Crippen LogP contribution in [-0.2, 0) is 50.3 Å². The van der Waals surface area contributed by atoms with Crippen LogP contribution in [0.5, 0.6) is 0 Å². The molecule has 3 fully saturated rings. The van der Waals surface area contributed by atoms with Gasteiger partial charge in [-0.25, -0.2) is 0 Å². The predicted octanol–water partition coefficient (Wildman–Crippen LogP) is 2.41. The molecule has 1 unspecified atom stereocenters. The van der Waals surface area contributed by atoms with E-state index >= 15 is 0 Å². The highest BCUT2D eigenvalue weighted by atomic mass is 31.2. The van der Waals surface area contributed by atoms with Gasteiger partial charge < -0.3 is 55.9 Å². The molecule has 1 aromatic heterocycles. The quantitative estimate of drug-likeness (QED) is 0.0308. The molecular weight excluding hydrogens is 1010 g/mol. The van der Waals surface area contributed by atoms with Crippen molar-refractivity contribution in [3.05, 3.63) is 106 Å². The number of nitrogens with two attached hydrogens (primary N) is 1. The zero-order chi connectivity index (χ0) is 54.5. The normalized spacial score (nSPS) is 20.9. The van der Waals surface area contributed by atoms with Crippen molar-refractivity contribution in [2.45, 2.75) is 106 Å². The Kier molecular flexibility index (Phi) is 16.8. The van der Waals surface area contributed by atoms with E-state index in [1.54, 1.807) is 55.6 Å². The lowest BCUT2D eigenvalue weighted by Gasteiger charge is -2.38. The minimum Gasteiger partial charge on any atom is -0.379 e. The first kappa shape index (κ1) is 54.9. The van der Waals surface area contributed by atoms with E-state index in [0.717, 1.165) is 18.2 Å². The van der Waals surface area contributed by atoms with Crippen molar-refractivity contribution in [2.75, 3.05) is 33.4 Å². The topological polar surface area (TPSA) is 303 Å². The van der Waals surface area contributed by atoms with Crippen LogP contribution in [0.1, 0.15) is 107 Å². The van der Waals surface area contributed by atoms with Gasteiger partial charge in [-0.15, -0.1) is 0 Å². The number of imide groups is 1. The van der Waals surface area contributed by atoms with Gasteiger partial charge in [0.2, 0.25) is 35.4 Å². The molecule has 3 saturated heterocycles. The lowest BCUT2D eigenvalue weighted by atomic mass is 10.0. The first-order valence-electron chi connectivity index (χ1n) is 24.9. The summed E-state index contributed by atoms with van der Waals surface area (Å²) < 4.78 is 46.6. The maximum absolute atomic E-state index is 14.5. The number of benzene rings is 3. The number of ether oxygens (including phenoxy) is 1. The van der Waals surface area contributed by atoms with Gasteiger partial charge in [0.1, 0.15) is 29.9 Å². The van der Waals surface area contributed by atoms with Crippen LogP contribution in [0.4, 0.5) is 8.78 Å². The highest BCUT2D eigenvalue weighted by Gasteiger charge is 2.51. The standard InChI is InChI=1S/C52H58F2N9O12P/c1-61-23-22-34-15-18-43(63(34)51(71)40(28-61)58-47(67)39-26-32-25-33(14-16-37(32)56-39)52(53,54)76(72,73)74)49(69)57-38(17-20-44(55)64)46(66)59-41(31-10-4-2-5-11-31)29-75-24-7-3-6-9-30-12-8-13-35-36(30)27-62(50(35)70)42-19-21-45(65)60-48(42)68/h2,4-5,8,10-14,16,25-26,34,38,40-43,56H,3,7,15,17-24,27-29H2,1H3,(H2,55,64)(H,57,69)(H,58,67)(H,59,66)(H,60,65,68)(H2,72,73,74)/t34-,38+,40+,41-,42?,43+/m1/s1. The van der Waals surface area contributed by atoms with Crippen molar-refractivity contribution in [3.8, 4) is 11.8 Å². The fourth-order valence-corrected chi connectivity index (χ4v) is 10.5. The highest BCUT2D eigenvalue weighted by Crippen LogP contribution is 2.59. The summed E-state index contributed by atoms with van der Waals surface area (Å²) in [6.07, 6.45) is 2.04. The van der Waals surface area contributed by atoms with E-state index in [4.69, 9.17) is 10.5 Å². The van der Waals surface area contributed by atoms with Crippen molar-refractivity contribution < 1.29 is 66.2 Å². The smallest absolute Gasteiger partial charge is 0.379 e. The number of amides is 8. The molecule has 8 rings (SSSR count). The molecule has 21 nitrogen and oxygen atoms in total. The number of aromatic nitrogens is 1. The number of piperidine rings is 1. The van der Waals surface area contributed by atoms with Crippen LogP contribution < -0.4 is 27.0 Å². The summed E-state index contributed by atoms with van der Waals surface area (Å²) in [6.45, 7) is 0.988. The van der Waals surface area contributed by atoms with Crippen LogP contribution in [-0.4, -0.2) is 140 Å². The number of rotatable bonds is 18. The third kappa shape index (κ3) is 12.3. The monoisotopic (exact) mass is 1070 g/mol. The van der Waals surface area contributed by atoms with Gasteiger partial charge in [-0.3, -0.25) is 48.2 Å². The second-order valence-corrected chi connectivity index (χ2v) is 21.0. The van der Waals surface area contributed by atoms with E-state index in [2.05, 4.69) is 38.1 Å². The molecule has 0 bridgehead atoms. The number of halogens is 2. The number of unbranched alkanes of at least 4 members (excludes halogenated alkanes) is 1. The third-order valence-electron chi connectivity index (χ3n) is 14.1. The second-order valence-electron chi connectivity index (χ2n) is 19.4. The lowest BCUT2D eigenvalue weighted by Crippen LogP contribution is -2.61. The van der Waals surface area contributed by atoms with Crippen molar-refractivity contribution >= 4 is 65.8 Å². The number of nitrogens with zero attached hydrogens (tertiary/aromatic N) is 3. The molecular formula is C52H58F2N9O12P. The van der Waals surface area contributed by atoms with Crippen molar-refractivity contribution in [1.29, 1.82) is 0 Å². The first-order chi connectivity index (χ1) is 36.2. The number of fused-ring (bicyclic) bond motifs is 3. The maximum Gasteiger partial charge on any atom is 0.399 e. The van der Waals surface area contributed by atoms with Gasteiger partial charge in [0.05, 0.1) is 12.6 Å². The molecule has 4 aromatic rings. The number of aromatic amines is 1. The zero-order valence-electron chi connectivity index (χ0n) is 41.4. The number of carbonyl (C=O) groups is 8. The van der Waals surface area contributed by atoms with Gasteiger partial charge >= 0.3 is 13.3 Å². The first-order valence-corrected chi connectivity index (χ1v) is 26.5. The Bertz CT molecular complexity index is 3050. The van der Waals surface area contributed by atoms with Crippen LogP contribution in [0, 0.1) is 11.8 Å². The molecule has 6 atom stereocenters. The van der Waals surface area contributed by atoms with Gasteiger partial charge in [0.25, 0.3) is 11.8 Å². The van der Waals surface area contributed by atoms with Crippen LogP contribution in [0.2, 0.25) is 0 Å². The summed E-state index contributed by atoms with van der Waals surface area (Å²) in [4.78, 5) is 132. The predicted molar refractivity (Wildman–Crippen MR) is 268 cm³/mol. The molecule has 24 heteroatoms. The SMILES string of the molecule is CN1CC[C@H]2CC[C@@H](C(=O)N[C@@H](CCC(N)=O)C(=O)N[C@H](COCCCC#Cc3cccc4c3CN(C3CCC(=O)NC3=O)C4=O)c3ccccc3)N2C(=O)[C@@H](NC(=O)c2cc3cc(C(F)(F)P(=O)(O)O)ccc3[nH]2)C1. The average molecular weight is 1070 g/mol. The highest BCUT2D eigenvalue weighted by molar-refractivity contribution is 7.52. The second kappa shape index (κ2) is 23.3. The lowest BCUT2D eigenvalue weighted by molar-refractivity contribution is -0.144. The minimum atomic E-state index is -5.87. The fourth-order valence-electron chi connectivity index (χ4n) is 10.1. The number of H-pyrrole nitrogens is 1. The molecule has 0 aliphatic carbocycles. The van der Waals surface area contributed by atoms with Gasteiger partial charge in [0, 0.05) is 72.6 Å². The Balaban J connectivity index is 0.894. The minimum absolute atomic E-state index is 0.0182. The summed E-state index contributed by atoms with van der Waals surface area (Å²) >= 11 is 0. The Morgan fingerprint density at radius 2 is 1.75 bits per heavy atom. The number of carbonyl (C=O) groups excluding carboxylic acids is 8. The summed E-state index contributed by atoms with van der Waals surface area (Å²) in [5, 5.41) is 10.8. The molecule has 0 radical (unpaired) electrons. The Hall–Kier alpha value is -7.35. The van der Waals surface area contributed by atoms with Crippen molar-refractivity contribution in [2.24, 2.45) is 5.73 Å². The summed E-state index contributed by atoms with van der Waals surface area (Å²) in [5.41, 5.74) is 2.67. The number of nitrogens with one attached hydrogen (secondary N) is 5. The molecule has 3 aromatic carbocycles. The van der Waals surface area contributed by atoms with Crippen LogP contribution in [0.25, 0.3) is 10.9 Å². The summed E-state index contributed by atoms with van der Waals surface area (Å²) in [6, 6.07) is 12.8. The Labute approximate surface area is 435 Å². The number of hydrogen-bond acceptors (Lipinski definition) is 11. The summed E-state index contributed by atoms with van der Waals surface area (Å²) in [7, 11) is -4.10. The van der Waals surface area contributed by atoms with Gasteiger partial charge in [-0.1, -0.05) is 54.3 Å². The molecule has 0 saturated carbocycles. The van der Waals surface area contributed by atoms with E-state index < -0.39 is 90.5 Å². The van der Waals surface area contributed by atoms with Gasteiger partial charge in [-0.2, -0.15) is 8.78 Å². The van der Waals surface area contributed by atoms with E-state index in [9.17, 15) is 61.5 Å². The number of primary amides is 1. The fraction of sp³-hybridized carbons (Fsp3) is 0.423. The molecule has 5 heterocycles. The van der Waals surface area contributed by atoms with Crippen LogP contribution >= 0.6 is 7.60 Å². The van der Waals surface area contributed by atoms with Crippen LogP contribution in [0.15, 0.2) is 72.8 Å². The van der Waals surface area contributed by atoms with Crippen LogP contribution in [0.3, 0.4) is 0 Å². The Morgan fingerprint density at radius 1 is 0.974 bits per heavy atom. The molecule has 76 heavy (non-hydrogen) atoms. The van der Waals surface area contributed by atoms with Gasteiger partial charge in [0.15, 0.2) is 0 Å². The number of likely N-dealkylation sites (N-methyl/N-ethyl adjacent to an activating group) is 1. The zero-order valence-corrected chi connectivity index (χ0v) is 42.3. The molecule has 4 aliphatic rings. The number of alkyl halides is 2. The Morgan fingerprint density at radius 3 is 2.49 bits per heavy atom.